The van der Waals surface area contributed by atoms with E-state index in [0.717, 1.165) is 33.3 Å². The van der Waals surface area contributed by atoms with Crippen LogP contribution in [0.25, 0.3) is 10.8 Å². The predicted molar refractivity (Wildman–Crippen MR) is 92.0 cm³/mol. The molecule has 0 radical (unpaired) electrons. The van der Waals surface area contributed by atoms with Crippen LogP contribution in [0.15, 0.2) is 60.7 Å². The van der Waals surface area contributed by atoms with Crippen molar-refractivity contribution >= 4 is 22.4 Å². The molecule has 1 N–H and O–H groups in total. The molecule has 0 aliphatic carbocycles. The first-order valence-corrected chi connectivity index (χ1v) is 7.72. The Bertz CT molecular complexity index is 901. The fourth-order valence-electron chi connectivity index (χ4n) is 3.36. The molecule has 1 heterocycles. The van der Waals surface area contributed by atoms with Gasteiger partial charge in [0.1, 0.15) is 5.75 Å². The summed E-state index contributed by atoms with van der Waals surface area (Å²) in [6.07, 6.45) is 0.457. The van der Waals surface area contributed by atoms with Crippen molar-refractivity contribution in [3.63, 3.8) is 0 Å². The molecule has 0 spiro atoms. The smallest absolute Gasteiger partial charge is 0.225 e. The van der Waals surface area contributed by atoms with E-state index in [-0.39, 0.29) is 11.8 Å². The van der Waals surface area contributed by atoms with Crippen LogP contribution in [0, 0.1) is 0 Å². The summed E-state index contributed by atoms with van der Waals surface area (Å²) in [5.41, 5.74) is 3.21. The van der Waals surface area contributed by atoms with Crippen molar-refractivity contribution in [1.29, 1.82) is 0 Å². The monoisotopic (exact) mass is 303 g/mol. The number of fused-ring (bicyclic) bond motifs is 3. The first-order chi connectivity index (χ1) is 11.3. The Hall–Kier alpha value is -2.81. The van der Waals surface area contributed by atoms with E-state index in [1.807, 2.05) is 30.3 Å². The highest BCUT2D eigenvalue weighted by Crippen LogP contribution is 2.41. The minimum absolute atomic E-state index is 0.0541. The molecule has 1 unspecified atom stereocenters. The maximum absolute atomic E-state index is 12.3. The SMILES string of the molecule is COc1cccc(C2CC(=O)Nc3c2ccc2ccccc32)c1. The first kappa shape index (κ1) is 13.8. The molecule has 0 saturated carbocycles. The van der Waals surface area contributed by atoms with Crippen molar-refractivity contribution in [2.24, 2.45) is 0 Å². The molecule has 114 valence electrons. The lowest BCUT2D eigenvalue weighted by Crippen LogP contribution is -2.23. The molecule has 1 aliphatic heterocycles. The Morgan fingerprint density at radius 2 is 1.91 bits per heavy atom. The van der Waals surface area contributed by atoms with Crippen molar-refractivity contribution in [3.05, 3.63) is 71.8 Å². The number of hydrogen-bond donors (Lipinski definition) is 1. The van der Waals surface area contributed by atoms with Gasteiger partial charge in [-0.2, -0.15) is 0 Å². The number of benzene rings is 3. The molecule has 1 aliphatic rings. The fraction of sp³-hybridized carbons (Fsp3) is 0.150. The largest absolute Gasteiger partial charge is 0.497 e. The minimum Gasteiger partial charge on any atom is -0.497 e. The third-order valence-corrected chi connectivity index (χ3v) is 4.49. The van der Waals surface area contributed by atoms with Gasteiger partial charge >= 0.3 is 0 Å². The maximum atomic E-state index is 12.3. The van der Waals surface area contributed by atoms with Crippen molar-refractivity contribution < 1.29 is 9.53 Å². The van der Waals surface area contributed by atoms with E-state index in [0.29, 0.717) is 6.42 Å². The summed E-state index contributed by atoms with van der Waals surface area (Å²) in [5, 5.41) is 5.29. The summed E-state index contributed by atoms with van der Waals surface area (Å²) in [7, 11) is 1.66. The fourth-order valence-corrected chi connectivity index (χ4v) is 3.36. The van der Waals surface area contributed by atoms with Gasteiger partial charge in [-0.25, -0.2) is 0 Å². The average molecular weight is 303 g/mol. The second kappa shape index (κ2) is 5.43. The Morgan fingerprint density at radius 3 is 2.78 bits per heavy atom. The third-order valence-electron chi connectivity index (χ3n) is 4.49. The molecule has 0 bridgehead atoms. The lowest BCUT2D eigenvalue weighted by Gasteiger charge is -2.27. The van der Waals surface area contributed by atoms with Gasteiger partial charge in [-0.15, -0.1) is 0 Å². The number of rotatable bonds is 2. The van der Waals surface area contributed by atoms with Crippen molar-refractivity contribution in [2.45, 2.75) is 12.3 Å². The molecule has 3 aromatic carbocycles. The van der Waals surface area contributed by atoms with E-state index in [2.05, 4.69) is 35.6 Å². The van der Waals surface area contributed by atoms with Crippen LogP contribution in [0.2, 0.25) is 0 Å². The van der Waals surface area contributed by atoms with Gasteiger partial charge in [-0.3, -0.25) is 4.79 Å². The lowest BCUT2D eigenvalue weighted by molar-refractivity contribution is -0.116. The number of carbonyl (C=O) groups is 1. The predicted octanol–water partition coefficient (Wildman–Crippen LogP) is 4.32. The van der Waals surface area contributed by atoms with Crippen LogP contribution >= 0.6 is 0 Å². The summed E-state index contributed by atoms with van der Waals surface area (Å²) < 4.78 is 5.33. The highest BCUT2D eigenvalue weighted by molar-refractivity contribution is 6.06. The number of nitrogens with one attached hydrogen (secondary N) is 1. The van der Waals surface area contributed by atoms with Crippen molar-refractivity contribution in [1.82, 2.24) is 0 Å². The maximum Gasteiger partial charge on any atom is 0.225 e. The molecule has 1 amide bonds. The second-order valence-corrected chi connectivity index (χ2v) is 5.83. The van der Waals surface area contributed by atoms with Gasteiger partial charge in [0.2, 0.25) is 5.91 Å². The Morgan fingerprint density at radius 1 is 1.04 bits per heavy atom. The van der Waals surface area contributed by atoms with Crippen molar-refractivity contribution in [3.8, 4) is 5.75 Å². The van der Waals surface area contributed by atoms with Crippen molar-refractivity contribution in [2.75, 3.05) is 12.4 Å². The number of anilines is 1. The normalized spacial score (nSPS) is 16.7. The molecule has 3 heteroatoms. The Balaban J connectivity index is 1.91. The van der Waals surface area contributed by atoms with Gasteiger partial charge in [-0.1, -0.05) is 48.5 Å². The van der Waals surface area contributed by atoms with Crippen LogP contribution < -0.4 is 10.1 Å². The second-order valence-electron chi connectivity index (χ2n) is 5.83. The number of carbonyl (C=O) groups excluding carboxylic acids is 1. The molecule has 0 fully saturated rings. The molecular weight excluding hydrogens is 286 g/mol. The third kappa shape index (κ3) is 2.34. The standard InChI is InChI=1S/C20H17NO2/c1-23-15-7-4-6-14(11-15)18-12-19(22)21-20-16-8-3-2-5-13(16)9-10-17(18)20/h2-11,18H,12H2,1H3,(H,21,22). The summed E-state index contributed by atoms with van der Waals surface area (Å²) in [6, 6.07) is 20.4. The number of ether oxygens (including phenoxy) is 1. The van der Waals surface area contributed by atoms with E-state index in [9.17, 15) is 4.79 Å². The van der Waals surface area contributed by atoms with Gasteiger partial charge in [0.05, 0.1) is 12.8 Å². The molecule has 3 aromatic rings. The van der Waals surface area contributed by atoms with Gasteiger partial charge in [0.15, 0.2) is 0 Å². The minimum atomic E-state index is 0.0541. The summed E-state index contributed by atoms with van der Waals surface area (Å²) >= 11 is 0. The van der Waals surface area contributed by atoms with Crippen LogP contribution in [0.5, 0.6) is 5.75 Å². The van der Waals surface area contributed by atoms with Crippen LogP contribution in [0.3, 0.4) is 0 Å². The average Bonchev–Trinajstić information content (AvgIpc) is 2.61. The van der Waals surface area contributed by atoms with E-state index in [1.54, 1.807) is 7.11 Å². The van der Waals surface area contributed by atoms with E-state index < -0.39 is 0 Å². The molecule has 23 heavy (non-hydrogen) atoms. The highest BCUT2D eigenvalue weighted by Gasteiger charge is 2.27. The highest BCUT2D eigenvalue weighted by atomic mass is 16.5. The quantitative estimate of drug-likeness (QED) is 0.765. The number of hydrogen-bond acceptors (Lipinski definition) is 2. The molecular formula is C20H17NO2. The molecule has 4 rings (SSSR count). The zero-order valence-corrected chi connectivity index (χ0v) is 12.9. The van der Waals surface area contributed by atoms with Crippen LogP contribution in [0.1, 0.15) is 23.5 Å². The van der Waals surface area contributed by atoms with Gasteiger partial charge in [0, 0.05) is 17.7 Å². The van der Waals surface area contributed by atoms with E-state index in [4.69, 9.17) is 4.74 Å². The number of methoxy groups -OCH3 is 1. The van der Waals surface area contributed by atoms with Crippen LogP contribution in [0.4, 0.5) is 5.69 Å². The first-order valence-electron chi connectivity index (χ1n) is 7.72. The summed E-state index contributed by atoms with van der Waals surface area (Å²) in [6.45, 7) is 0. The summed E-state index contributed by atoms with van der Waals surface area (Å²) in [4.78, 5) is 12.3. The number of amides is 1. The molecule has 3 nitrogen and oxygen atoms in total. The Labute approximate surface area is 134 Å². The van der Waals surface area contributed by atoms with Gasteiger partial charge in [0.25, 0.3) is 0 Å². The topological polar surface area (TPSA) is 38.3 Å². The molecule has 0 saturated heterocycles. The van der Waals surface area contributed by atoms with Crippen LogP contribution in [-0.4, -0.2) is 13.0 Å². The van der Waals surface area contributed by atoms with E-state index in [1.165, 1.54) is 0 Å². The molecule has 0 aromatic heterocycles. The van der Waals surface area contributed by atoms with Gasteiger partial charge < -0.3 is 10.1 Å². The van der Waals surface area contributed by atoms with Crippen LogP contribution in [-0.2, 0) is 4.79 Å². The zero-order valence-electron chi connectivity index (χ0n) is 12.9. The summed E-state index contributed by atoms with van der Waals surface area (Å²) in [5.74, 6) is 0.927. The lowest BCUT2D eigenvalue weighted by atomic mass is 9.83. The molecule has 1 atom stereocenters. The zero-order chi connectivity index (χ0) is 15.8. The van der Waals surface area contributed by atoms with E-state index >= 15 is 0 Å². The van der Waals surface area contributed by atoms with Gasteiger partial charge in [-0.05, 0) is 28.6 Å². The Kier molecular flexibility index (Phi) is 3.27.